The van der Waals surface area contributed by atoms with Gasteiger partial charge in [-0.1, -0.05) is 34.8 Å². The summed E-state index contributed by atoms with van der Waals surface area (Å²) in [5.41, 5.74) is 6.92. The third-order valence-corrected chi connectivity index (χ3v) is 3.65. The number of aromatic nitrogens is 1. The minimum Gasteiger partial charge on any atom is -0.465 e. The first-order valence-corrected chi connectivity index (χ1v) is 6.56. The van der Waals surface area contributed by atoms with Gasteiger partial charge in [0.2, 0.25) is 0 Å². The van der Waals surface area contributed by atoms with Crippen molar-refractivity contribution in [1.82, 2.24) is 4.98 Å². The molecule has 2 aromatic rings. The number of carbonyl (C=O) groups excluding carboxylic acids is 1. The summed E-state index contributed by atoms with van der Waals surface area (Å²) < 4.78 is 4.64. The summed E-state index contributed by atoms with van der Waals surface area (Å²) in [6.07, 6.45) is 1.48. The monoisotopic (exact) mass is 330 g/mol. The summed E-state index contributed by atoms with van der Waals surface area (Å²) in [6, 6.07) is 4.69. The maximum atomic E-state index is 11.6. The number of anilines is 1. The van der Waals surface area contributed by atoms with Gasteiger partial charge < -0.3 is 10.5 Å². The standard InChI is InChI=1S/C13H9Cl3N2O2/c1-20-13(19)9-2-6(5-18-12(9)17)8-3-7(14)4-10(15)11(8)16/h2-5H,1H3,(H2,17,18). The summed E-state index contributed by atoms with van der Waals surface area (Å²) in [6.45, 7) is 0. The number of nitrogens with two attached hydrogens (primary N) is 1. The molecule has 20 heavy (non-hydrogen) atoms. The molecule has 0 spiro atoms. The molecule has 0 saturated carbocycles. The highest BCUT2D eigenvalue weighted by molar-refractivity contribution is 6.45. The van der Waals surface area contributed by atoms with Crippen LogP contribution in [0.15, 0.2) is 24.4 Å². The Hall–Kier alpha value is -1.49. The number of nitrogens with zero attached hydrogens (tertiary/aromatic N) is 1. The Balaban J connectivity index is 2.62. The van der Waals surface area contributed by atoms with Crippen LogP contribution in [0.2, 0.25) is 15.1 Å². The van der Waals surface area contributed by atoms with Gasteiger partial charge in [0.1, 0.15) is 11.4 Å². The van der Waals surface area contributed by atoms with Crippen molar-refractivity contribution < 1.29 is 9.53 Å². The van der Waals surface area contributed by atoms with Gasteiger partial charge in [-0.2, -0.15) is 0 Å². The van der Waals surface area contributed by atoms with E-state index in [9.17, 15) is 4.79 Å². The first kappa shape index (κ1) is 14.9. The second kappa shape index (κ2) is 5.87. The summed E-state index contributed by atoms with van der Waals surface area (Å²) >= 11 is 18.1. The topological polar surface area (TPSA) is 65.2 Å². The van der Waals surface area contributed by atoms with Gasteiger partial charge in [0.25, 0.3) is 0 Å². The van der Waals surface area contributed by atoms with Gasteiger partial charge in [-0.15, -0.1) is 0 Å². The predicted molar refractivity (Wildman–Crippen MR) is 80.5 cm³/mol. The van der Waals surface area contributed by atoms with Crippen LogP contribution < -0.4 is 5.73 Å². The third kappa shape index (κ3) is 2.82. The molecule has 0 radical (unpaired) electrons. The fraction of sp³-hybridized carbons (Fsp3) is 0.0769. The van der Waals surface area contributed by atoms with E-state index in [1.807, 2.05) is 0 Å². The molecule has 7 heteroatoms. The Kier molecular flexibility index (Phi) is 4.38. The smallest absolute Gasteiger partial charge is 0.341 e. The van der Waals surface area contributed by atoms with Crippen molar-refractivity contribution in [1.29, 1.82) is 0 Å². The normalized spacial score (nSPS) is 10.4. The average molecular weight is 332 g/mol. The zero-order valence-corrected chi connectivity index (χ0v) is 12.6. The second-order valence-corrected chi connectivity index (χ2v) is 5.12. The predicted octanol–water partition coefficient (Wildman–Crippen LogP) is 4.08. The Labute approximate surface area is 130 Å². The van der Waals surface area contributed by atoms with E-state index in [0.717, 1.165) is 0 Å². The summed E-state index contributed by atoms with van der Waals surface area (Å²) in [5, 5.41) is 1.05. The fourth-order valence-electron chi connectivity index (χ4n) is 1.66. The van der Waals surface area contributed by atoms with E-state index in [1.165, 1.54) is 25.4 Å². The Morgan fingerprint density at radius 2 is 1.95 bits per heavy atom. The van der Waals surface area contributed by atoms with E-state index in [0.29, 0.717) is 26.2 Å². The van der Waals surface area contributed by atoms with Crippen molar-refractivity contribution in [2.45, 2.75) is 0 Å². The number of nitrogen functional groups attached to an aromatic ring is 1. The van der Waals surface area contributed by atoms with Crippen molar-refractivity contribution >= 4 is 46.6 Å². The van der Waals surface area contributed by atoms with Crippen LogP contribution in [0.5, 0.6) is 0 Å². The molecule has 0 aliphatic rings. The number of halogens is 3. The van der Waals surface area contributed by atoms with Gasteiger partial charge in [-0.25, -0.2) is 9.78 Å². The van der Waals surface area contributed by atoms with Gasteiger partial charge in [-0.05, 0) is 18.2 Å². The first-order valence-electron chi connectivity index (χ1n) is 5.42. The van der Waals surface area contributed by atoms with E-state index < -0.39 is 5.97 Å². The third-order valence-electron chi connectivity index (χ3n) is 2.63. The number of ether oxygens (including phenoxy) is 1. The minimum atomic E-state index is -0.582. The molecule has 0 saturated heterocycles. The second-order valence-electron chi connectivity index (χ2n) is 3.90. The molecule has 2 rings (SSSR count). The van der Waals surface area contributed by atoms with Gasteiger partial charge in [0.15, 0.2) is 0 Å². The summed E-state index contributed by atoms with van der Waals surface area (Å²) in [5.74, 6) is -0.508. The van der Waals surface area contributed by atoms with Crippen LogP contribution >= 0.6 is 34.8 Å². The van der Waals surface area contributed by atoms with Gasteiger partial charge >= 0.3 is 5.97 Å². The van der Waals surface area contributed by atoms with Gasteiger partial charge in [0, 0.05) is 22.3 Å². The molecule has 4 nitrogen and oxygen atoms in total. The number of methoxy groups -OCH3 is 1. The van der Waals surface area contributed by atoms with Crippen LogP contribution in [0.3, 0.4) is 0 Å². The quantitative estimate of drug-likeness (QED) is 0.665. The van der Waals surface area contributed by atoms with Crippen LogP contribution in [0, 0.1) is 0 Å². The van der Waals surface area contributed by atoms with Gasteiger partial charge in [-0.3, -0.25) is 0 Å². The lowest BCUT2D eigenvalue weighted by atomic mass is 10.1. The zero-order valence-electron chi connectivity index (χ0n) is 10.3. The Morgan fingerprint density at radius 1 is 1.25 bits per heavy atom. The summed E-state index contributed by atoms with van der Waals surface area (Å²) in [7, 11) is 1.26. The molecule has 0 aliphatic carbocycles. The number of benzene rings is 1. The molecule has 2 N–H and O–H groups in total. The van der Waals surface area contributed by atoms with Crippen LogP contribution in [0.4, 0.5) is 5.82 Å². The molecular weight excluding hydrogens is 323 g/mol. The van der Waals surface area contributed by atoms with E-state index in [-0.39, 0.29) is 11.4 Å². The van der Waals surface area contributed by atoms with Crippen molar-refractivity contribution in [2.75, 3.05) is 12.8 Å². The molecule has 0 fully saturated rings. The molecule has 1 aromatic heterocycles. The summed E-state index contributed by atoms with van der Waals surface area (Å²) in [4.78, 5) is 15.6. The van der Waals surface area contributed by atoms with E-state index in [4.69, 9.17) is 40.5 Å². The maximum absolute atomic E-state index is 11.6. The SMILES string of the molecule is COC(=O)c1cc(-c2cc(Cl)cc(Cl)c2Cl)cnc1N. The molecule has 0 aliphatic heterocycles. The lowest BCUT2D eigenvalue weighted by Crippen LogP contribution is -2.07. The van der Waals surface area contributed by atoms with Crippen LogP contribution in [-0.2, 0) is 4.74 Å². The molecule has 104 valence electrons. The molecular formula is C13H9Cl3N2O2. The molecule has 1 heterocycles. The van der Waals surface area contributed by atoms with E-state index >= 15 is 0 Å². The molecule has 0 bridgehead atoms. The molecule has 0 unspecified atom stereocenters. The van der Waals surface area contributed by atoms with Crippen LogP contribution in [-0.4, -0.2) is 18.1 Å². The lowest BCUT2D eigenvalue weighted by molar-refractivity contribution is 0.0601. The van der Waals surface area contributed by atoms with Crippen LogP contribution in [0.25, 0.3) is 11.1 Å². The van der Waals surface area contributed by atoms with Crippen molar-refractivity contribution in [2.24, 2.45) is 0 Å². The average Bonchev–Trinajstić information content (AvgIpc) is 2.42. The number of pyridine rings is 1. The molecule has 1 aromatic carbocycles. The fourth-order valence-corrected chi connectivity index (χ4v) is 2.37. The van der Waals surface area contributed by atoms with Crippen molar-refractivity contribution in [3.05, 3.63) is 45.0 Å². The largest absolute Gasteiger partial charge is 0.465 e. The van der Waals surface area contributed by atoms with E-state index in [1.54, 1.807) is 6.07 Å². The van der Waals surface area contributed by atoms with Gasteiger partial charge in [0.05, 0.1) is 17.2 Å². The highest BCUT2D eigenvalue weighted by atomic mass is 35.5. The number of carbonyl (C=O) groups is 1. The number of esters is 1. The zero-order chi connectivity index (χ0) is 14.9. The van der Waals surface area contributed by atoms with Crippen molar-refractivity contribution in [3.63, 3.8) is 0 Å². The highest BCUT2D eigenvalue weighted by Gasteiger charge is 2.15. The Morgan fingerprint density at radius 3 is 2.60 bits per heavy atom. The molecule has 0 atom stereocenters. The first-order chi connectivity index (χ1) is 9.43. The minimum absolute atomic E-state index is 0.0739. The van der Waals surface area contributed by atoms with E-state index in [2.05, 4.69) is 9.72 Å². The maximum Gasteiger partial charge on any atom is 0.341 e. The highest BCUT2D eigenvalue weighted by Crippen LogP contribution is 2.36. The van der Waals surface area contributed by atoms with Crippen LogP contribution in [0.1, 0.15) is 10.4 Å². The number of hydrogen-bond donors (Lipinski definition) is 1. The van der Waals surface area contributed by atoms with Crippen molar-refractivity contribution in [3.8, 4) is 11.1 Å². The number of hydrogen-bond acceptors (Lipinski definition) is 4. The molecule has 0 amide bonds. The lowest BCUT2D eigenvalue weighted by Gasteiger charge is -2.09. The number of rotatable bonds is 2. The Bertz CT molecular complexity index is 690.